The Kier molecular flexibility index (Phi) is 8.81. The number of nitrogens with one attached hydrogen (secondary N) is 4. The van der Waals surface area contributed by atoms with E-state index in [1.807, 2.05) is 5.32 Å². The number of para-hydroxylation sites is 1. The van der Waals surface area contributed by atoms with Crippen LogP contribution in [0.2, 0.25) is 5.02 Å². The molecule has 0 bridgehead atoms. The summed E-state index contributed by atoms with van der Waals surface area (Å²) in [4.78, 5) is 47.1. The first kappa shape index (κ1) is 31.5. The molecule has 2 aromatic carbocycles. The number of alkyl halides is 3. The van der Waals surface area contributed by atoms with E-state index in [1.165, 1.54) is 36.3 Å². The molecule has 1 aliphatic heterocycles. The van der Waals surface area contributed by atoms with Crippen LogP contribution < -0.4 is 26.2 Å². The molecule has 0 aliphatic carbocycles. The van der Waals surface area contributed by atoms with Gasteiger partial charge in [-0.25, -0.2) is 9.37 Å². The molecule has 15 heteroatoms. The fraction of sp³-hybridized carbons (Fsp3) is 0.321. The summed E-state index contributed by atoms with van der Waals surface area (Å²) >= 11 is 6.26. The maximum atomic E-state index is 14.7. The van der Waals surface area contributed by atoms with Gasteiger partial charge in [0, 0.05) is 25.0 Å². The highest BCUT2D eigenvalue weighted by Crippen LogP contribution is 2.41. The molecule has 4 N–H and O–H groups in total. The molecule has 10 nitrogen and oxygen atoms in total. The van der Waals surface area contributed by atoms with Crippen molar-refractivity contribution in [1.82, 2.24) is 20.6 Å². The van der Waals surface area contributed by atoms with Crippen molar-refractivity contribution in [2.24, 2.45) is 0 Å². The molecule has 4 rings (SSSR count). The second-order valence-electron chi connectivity index (χ2n) is 10.3. The molecule has 228 valence electrons. The molecule has 3 amide bonds. The van der Waals surface area contributed by atoms with Gasteiger partial charge >= 0.3 is 12.1 Å². The van der Waals surface area contributed by atoms with Gasteiger partial charge in [0.1, 0.15) is 16.9 Å². The largest absolute Gasteiger partial charge is 0.471 e. The summed E-state index contributed by atoms with van der Waals surface area (Å²) in [5, 5.41) is 10.1. The summed E-state index contributed by atoms with van der Waals surface area (Å²) in [6.07, 6.45) is -3.93. The number of nitrogens with zero attached hydrogens (tertiary/aromatic N) is 3. The van der Waals surface area contributed by atoms with Crippen molar-refractivity contribution in [2.45, 2.75) is 44.8 Å². The number of carbonyl (C=O) groups is 3. The van der Waals surface area contributed by atoms with E-state index in [1.54, 1.807) is 39.0 Å². The first-order chi connectivity index (χ1) is 20.2. The first-order valence-electron chi connectivity index (χ1n) is 13.1. The standard InChI is InChI=1S/C28H28ClF4N7O3/c1-5-40-20-11-14(9-10-16(20)27(2,3)12-19(24(40)42)37-25(43)28(31,32)33)36-26-35-13-17(29)22(39-26)38-21-15(23(41)34-4)7-6-8-18(21)30/h6-11,13,19H,5,12H2,1-4H3,(H,34,41)(H,37,43)(H2,35,36,38,39). The van der Waals surface area contributed by atoms with Gasteiger partial charge in [0.2, 0.25) is 11.9 Å². The van der Waals surface area contributed by atoms with Crippen molar-refractivity contribution in [1.29, 1.82) is 0 Å². The molecule has 1 unspecified atom stereocenters. The lowest BCUT2D eigenvalue weighted by atomic mass is 9.79. The van der Waals surface area contributed by atoms with Crippen molar-refractivity contribution < 1.29 is 31.9 Å². The van der Waals surface area contributed by atoms with Crippen LogP contribution >= 0.6 is 11.6 Å². The Morgan fingerprint density at radius 3 is 2.53 bits per heavy atom. The van der Waals surface area contributed by atoms with Gasteiger partial charge in [-0.3, -0.25) is 14.4 Å². The number of anilines is 5. The zero-order valence-corrected chi connectivity index (χ0v) is 24.2. The van der Waals surface area contributed by atoms with E-state index in [4.69, 9.17) is 11.6 Å². The monoisotopic (exact) mass is 621 g/mol. The molecule has 1 aromatic heterocycles. The molecule has 0 saturated carbocycles. The van der Waals surface area contributed by atoms with Crippen molar-refractivity contribution in [3.8, 4) is 0 Å². The van der Waals surface area contributed by atoms with Crippen LogP contribution in [-0.4, -0.2) is 53.5 Å². The third-order valence-electron chi connectivity index (χ3n) is 6.90. The maximum Gasteiger partial charge on any atom is 0.471 e. The van der Waals surface area contributed by atoms with Crippen molar-refractivity contribution in [3.63, 3.8) is 0 Å². The Balaban J connectivity index is 1.66. The third kappa shape index (κ3) is 6.63. The normalized spacial score (nSPS) is 16.2. The van der Waals surface area contributed by atoms with Crippen LogP contribution in [0.3, 0.4) is 0 Å². The summed E-state index contributed by atoms with van der Waals surface area (Å²) < 4.78 is 53.6. The molecule has 2 heterocycles. The molecule has 3 aromatic rings. The molecular weight excluding hydrogens is 594 g/mol. The number of aromatic nitrogens is 2. The van der Waals surface area contributed by atoms with E-state index >= 15 is 0 Å². The average molecular weight is 622 g/mol. The van der Waals surface area contributed by atoms with Crippen molar-refractivity contribution >= 4 is 58.2 Å². The molecule has 1 atom stereocenters. The lowest BCUT2D eigenvalue weighted by Gasteiger charge is -2.28. The maximum absolute atomic E-state index is 14.7. The minimum absolute atomic E-state index is 0.000997. The van der Waals surface area contributed by atoms with Crippen molar-refractivity contribution in [3.05, 3.63) is 64.6 Å². The average Bonchev–Trinajstić information content (AvgIpc) is 3.01. The SMILES string of the molecule is CCN1C(=O)C(NC(=O)C(F)(F)F)CC(C)(C)c2ccc(Nc3ncc(Cl)c(Nc4c(F)cccc4C(=O)NC)n3)cc21. The second kappa shape index (κ2) is 12.0. The van der Waals surface area contributed by atoms with Gasteiger partial charge < -0.3 is 26.2 Å². The zero-order valence-electron chi connectivity index (χ0n) is 23.5. The van der Waals surface area contributed by atoms with Crippen LogP contribution in [0.15, 0.2) is 42.6 Å². The summed E-state index contributed by atoms with van der Waals surface area (Å²) in [6.45, 7) is 5.33. The first-order valence-corrected chi connectivity index (χ1v) is 13.4. The topological polar surface area (TPSA) is 128 Å². The molecule has 43 heavy (non-hydrogen) atoms. The molecule has 0 radical (unpaired) electrons. The van der Waals surface area contributed by atoms with Gasteiger partial charge in [-0.1, -0.05) is 37.6 Å². The van der Waals surface area contributed by atoms with Gasteiger partial charge in [0.25, 0.3) is 5.91 Å². The van der Waals surface area contributed by atoms with E-state index in [0.717, 1.165) is 0 Å². The smallest absolute Gasteiger partial charge is 0.355 e. The van der Waals surface area contributed by atoms with Gasteiger partial charge in [-0.2, -0.15) is 18.2 Å². The predicted octanol–water partition coefficient (Wildman–Crippen LogP) is 5.20. The van der Waals surface area contributed by atoms with E-state index in [0.29, 0.717) is 16.9 Å². The summed E-state index contributed by atoms with van der Waals surface area (Å²) in [5.41, 5.74) is 0.605. The van der Waals surface area contributed by atoms with E-state index in [2.05, 4.69) is 25.9 Å². The van der Waals surface area contributed by atoms with Crippen LogP contribution in [0, 0.1) is 5.82 Å². The van der Waals surface area contributed by atoms with Crippen LogP contribution in [0.1, 0.15) is 43.1 Å². The second-order valence-corrected chi connectivity index (χ2v) is 10.7. The van der Waals surface area contributed by atoms with Gasteiger partial charge in [0.15, 0.2) is 5.82 Å². The predicted molar refractivity (Wildman–Crippen MR) is 153 cm³/mol. The molecular formula is C28H28ClF4N7O3. The fourth-order valence-electron chi connectivity index (χ4n) is 4.84. The number of halogens is 5. The van der Waals surface area contributed by atoms with E-state index in [-0.39, 0.29) is 41.0 Å². The van der Waals surface area contributed by atoms with E-state index in [9.17, 15) is 31.9 Å². The molecule has 0 spiro atoms. The number of likely N-dealkylation sites (N-methyl/N-ethyl adjacent to an activating group) is 1. The highest BCUT2D eigenvalue weighted by Gasteiger charge is 2.45. The number of benzene rings is 2. The Morgan fingerprint density at radius 2 is 1.88 bits per heavy atom. The van der Waals surface area contributed by atoms with Crippen LogP contribution in [0.5, 0.6) is 0 Å². The van der Waals surface area contributed by atoms with Crippen molar-refractivity contribution in [2.75, 3.05) is 29.1 Å². The van der Waals surface area contributed by atoms with Gasteiger partial charge in [-0.15, -0.1) is 0 Å². The number of fused-ring (bicyclic) bond motifs is 1. The lowest BCUT2D eigenvalue weighted by Crippen LogP contribution is -2.52. The number of hydrogen-bond acceptors (Lipinski definition) is 7. The van der Waals surface area contributed by atoms with Gasteiger partial charge in [-0.05, 0) is 48.6 Å². The number of hydrogen-bond donors (Lipinski definition) is 4. The van der Waals surface area contributed by atoms with E-state index < -0.39 is 41.2 Å². The third-order valence-corrected chi connectivity index (χ3v) is 7.18. The number of carbonyl (C=O) groups excluding carboxylic acids is 3. The highest BCUT2D eigenvalue weighted by molar-refractivity contribution is 6.33. The highest BCUT2D eigenvalue weighted by atomic mass is 35.5. The Labute approximate surface area is 249 Å². The Hall–Kier alpha value is -4.46. The quantitative estimate of drug-likeness (QED) is 0.267. The molecule has 1 aliphatic rings. The van der Waals surface area contributed by atoms with Crippen LogP contribution in [-0.2, 0) is 15.0 Å². The molecule has 0 fully saturated rings. The lowest BCUT2D eigenvalue weighted by molar-refractivity contribution is -0.174. The Bertz CT molecular complexity index is 1580. The number of amides is 3. The summed E-state index contributed by atoms with van der Waals surface area (Å²) in [5.74, 6) is -4.09. The van der Waals surface area contributed by atoms with Gasteiger partial charge in [0.05, 0.1) is 17.4 Å². The summed E-state index contributed by atoms with van der Waals surface area (Å²) in [7, 11) is 1.41. The summed E-state index contributed by atoms with van der Waals surface area (Å²) in [6, 6.07) is 7.60. The minimum Gasteiger partial charge on any atom is -0.355 e. The molecule has 0 saturated heterocycles. The minimum atomic E-state index is -5.14. The van der Waals surface area contributed by atoms with Crippen LogP contribution in [0.25, 0.3) is 0 Å². The number of rotatable bonds is 7. The Morgan fingerprint density at radius 1 is 1.16 bits per heavy atom. The fourth-order valence-corrected chi connectivity index (χ4v) is 4.97. The zero-order chi connectivity index (χ0) is 31.7. The van der Waals surface area contributed by atoms with Crippen LogP contribution in [0.4, 0.5) is 46.4 Å².